The molecule has 2 heterocycles. The highest BCUT2D eigenvalue weighted by Gasteiger charge is 2.10. The molecule has 0 amide bonds. The van der Waals surface area contributed by atoms with Crippen LogP contribution in [0.5, 0.6) is 0 Å². The molecule has 0 unspecified atom stereocenters. The molecule has 0 aromatic carbocycles. The number of nitrogens with zero attached hydrogens (tertiary/aromatic N) is 3. The van der Waals surface area contributed by atoms with Crippen molar-refractivity contribution >= 4 is 5.97 Å². The van der Waals surface area contributed by atoms with Crippen LogP contribution in [0.25, 0.3) is 0 Å². The monoisotopic (exact) mass is 357 g/mol. The molecule has 0 spiro atoms. The topological polar surface area (TPSA) is 68.0 Å². The molecule has 0 aliphatic heterocycles. The van der Waals surface area contributed by atoms with Crippen molar-refractivity contribution in [1.82, 2.24) is 14.5 Å². The fraction of sp³-hybridized carbons (Fsp3) is 0.571. The minimum Gasteiger partial charge on any atom is -0.478 e. The molecule has 5 nitrogen and oxygen atoms in total. The lowest BCUT2D eigenvalue weighted by Crippen LogP contribution is -2.09. The van der Waals surface area contributed by atoms with Gasteiger partial charge in [-0.3, -0.25) is 4.98 Å². The van der Waals surface area contributed by atoms with Gasteiger partial charge in [-0.1, -0.05) is 20.8 Å². The molecular weight excluding hydrogens is 326 g/mol. The molecule has 1 N–H and O–H groups in total. The highest BCUT2D eigenvalue weighted by atomic mass is 16.4. The SMILES string of the molecule is CCc1cnc(CCCc2cc(C(=O)O)cc(C)n2)n1CCCC(C)C. The number of carboxylic acid groups (broad SMARTS) is 1. The van der Waals surface area contributed by atoms with Crippen LogP contribution in [0.4, 0.5) is 0 Å². The molecule has 0 bridgehead atoms. The van der Waals surface area contributed by atoms with Gasteiger partial charge in [0.1, 0.15) is 5.82 Å². The van der Waals surface area contributed by atoms with Gasteiger partial charge >= 0.3 is 5.97 Å². The largest absolute Gasteiger partial charge is 0.478 e. The Balaban J connectivity index is 1.99. The van der Waals surface area contributed by atoms with Gasteiger partial charge in [-0.2, -0.15) is 0 Å². The standard InChI is InChI=1S/C21H31N3O2/c1-5-19-14-22-20(24(19)11-7-8-15(2)3)10-6-9-18-13-17(21(25)26)12-16(4)23-18/h12-15H,5-11H2,1-4H3,(H,25,26). The van der Waals surface area contributed by atoms with Gasteiger partial charge in [-0.15, -0.1) is 0 Å². The summed E-state index contributed by atoms with van der Waals surface area (Å²) in [5, 5.41) is 9.18. The number of aromatic nitrogens is 3. The highest BCUT2D eigenvalue weighted by molar-refractivity contribution is 5.87. The summed E-state index contributed by atoms with van der Waals surface area (Å²) in [4.78, 5) is 20.3. The lowest BCUT2D eigenvalue weighted by atomic mass is 10.1. The molecule has 2 aromatic heterocycles. The van der Waals surface area contributed by atoms with E-state index in [0.29, 0.717) is 5.56 Å². The lowest BCUT2D eigenvalue weighted by Gasteiger charge is -2.12. The third-order valence-corrected chi connectivity index (χ3v) is 4.63. The summed E-state index contributed by atoms with van der Waals surface area (Å²) >= 11 is 0. The molecule has 0 aliphatic rings. The highest BCUT2D eigenvalue weighted by Crippen LogP contribution is 2.14. The van der Waals surface area contributed by atoms with E-state index in [0.717, 1.165) is 55.4 Å². The smallest absolute Gasteiger partial charge is 0.335 e. The van der Waals surface area contributed by atoms with Crippen LogP contribution in [0.15, 0.2) is 18.3 Å². The number of rotatable bonds is 10. The molecular formula is C21H31N3O2. The predicted molar refractivity (Wildman–Crippen MR) is 104 cm³/mol. The summed E-state index contributed by atoms with van der Waals surface area (Å²) in [7, 11) is 0. The van der Waals surface area contributed by atoms with Crippen molar-refractivity contribution in [2.24, 2.45) is 5.92 Å². The number of carboxylic acids is 1. The lowest BCUT2D eigenvalue weighted by molar-refractivity contribution is 0.0696. The average Bonchev–Trinajstić information content (AvgIpc) is 2.96. The van der Waals surface area contributed by atoms with Crippen molar-refractivity contribution in [1.29, 1.82) is 0 Å². The van der Waals surface area contributed by atoms with E-state index in [1.54, 1.807) is 12.1 Å². The van der Waals surface area contributed by atoms with Gasteiger partial charge in [0.2, 0.25) is 0 Å². The summed E-state index contributed by atoms with van der Waals surface area (Å²) in [5.41, 5.74) is 3.21. The summed E-state index contributed by atoms with van der Waals surface area (Å²) in [6.45, 7) is 9.56. The van der Waals surface area contributed by atoms with Gasteiger partial charge in [-0.25, -0.2) is 9.78 Å². The number of aromatic carboxylic acids is 1. The van der Waals surface area contributed by atoms with Crippen LogP contribution in [0.1, 0.15) is 73.3 Å². The maximum atomic E-state index is 11.2. The summed E-state index contributed by atoms with van der Waals surface area (Å²) in [5.74, 6) is 0.963. The van der Waals surface area contributed by atoms with Gasteiger partial charge in [0.25, 0.3) is 0 Å². The Morgan fingerprint density at radius 1 is 1.23 bits per heavy atom. The van der Waals surface area contributed by atoms with Crippen molar-refractivity contribution in [2.75, 3.05) is 0 Å². The number of hydrogen-bond donors (Lipinski definition) is 1. The predicted octanol–water partition coefficient (Wildman–Crippen LogP) is 4.46. The number of pyridine rings is 1. The second-order valence-electron chi connectivity index (χ2n) is 7.35. The Morgan fingerprint density at radius 3 is 2.65 bits per heavy atom. The van der Waals surface area contributed by atoms with Crippen LogP contribution < -0.4 is 0 Å². The normalized spacial score (nSPS) is 11.3. The van der Waals surface area contributed by atoms with Crippen molar-refractivity contribution in [3.05, 3.63) is 46.8 Å². The van der Waals surface area contributed by atoms with Crippen molar-refractivity contribution in [3.63, 3.8) is 0 Å². The van der Waals surface area contributed by atoms with Crippen LogP contribution in [-0.2, 0) is 25.8 Å². The van der Waals surface area contributed by atoms with Crippen LogP contribution in [0, 0.1) is 12.8 Å². The quantitative estimate of drug-likeness (QED) is 0.682. The van der Waals surface area contributed by atoms with E-state index in [9.17, 15) is 9.90 Å². The third kappa shape index (κ3) is 5.68. The molecule has 5 heteroatoms. The second-order valence-corrected chi connectivity index (χ2v) is 7.35. The van der Waals surface area contributed by atoms with E-state index in [1.807, 2.05) is 13.1 Å². The fourth-order valence-electron chi connectivity index (χ4n) is 3.28. The molecule has 0 atom stereocenters. The third-order valence-electron chi connectivity index (χ3n) is 4.63. The number of imidazole rings is 1. The molecule has 26 heavy (non-hydrogen) atoms. The van der Waals surface area contributed by atoms with Gasteiger partial charge in [0, 0.05) is 36.2 Å². The Labute approximate surface area is 156 Å². The van der Waals surface area contributed by atoms with E-state index in [4.69, 9.17) is 0 Å². The number of carbonyl (C=O) groups is 1. The van der Waals surface area contributed by atoms with Gasteiger partial charge < -0.3 is 9.67 Å². The van der Waals surface area contributed by atoms with E-state index >= 15 is 0 Å². The maximum Gasteiger partial charge on any atom is 0.335 e. The molecule has 2 rings (SSSR count). The fourth-order valence-corrected chi connectivity index (χ4v) is 3.28. The Bertz CT molecular complexity index is 735. The zero-order valence-corrected chi connectivity index (χ0v) is 16.5. The van der Waals surface area contributed by atoms with E-state index in [1.165, 1.54) is 18.5 Å². The first kappa shape index (κ1) is 20.1. The Morgan fingerprint density at radius 2 is 2.00 bits per heavy atom. The van der Waals surface area contributed by atoms with Crippen LogP contribution in [-0.4, -0.2) is 25.6 Å². The van der Waals surface area contributed by atoms with Gasteiger partial charge in [-0.05, 0) is 57.1 Å². The second kappa shape index (κ2) is 9.51. The number of aryl methyl sites for hydroxylation is 4. The Hall–Kier alpha value is -2.17. The molecule has 0 aliphatic carbocycles. The zero-order chi connectivity index (χ0) is 19.1. The molecule has 0 radical (unpaired) electrons. The molecule has 0 saturated heterocycles. The van der Waals surface area contributed by atoms with Gasteiger partial charge in [0.15, 0.2) is 0 Å². The van der Waals surface area contributed by atoms with E-state index < -0.39 is 5.97 Å². The van der Waals surface area contributed by atoms with Crippen molar-refractivity contribution in [2.45, 2.75) is 72.8 Å². The zero-order valence-electron chi connectivity index (χ0n) is 16.5. The number of hydrogen-bond acceptors (Lipinski definition) is 3. The summed E-state index contributed by atoms with van der Waals surface area (Å²) in [6, 6.07) is 3.29. The van der Waals surface area contributed by atoms with Crippen LogP contribution >= 0.6 is 0 Å². The van der Waals surface area contributed by atoms with Crippen LogP contribution in [0.2, 0.25) is 0 Å². The minimum atomic E-state index is -0.898. The molecule has 0 fully saturated rings. The first-order valence-corrected chi connectivity index (χ1v) is 9.64. The van der Waals surface area contributed by atoms with Crippen molar-refractivity contribution in [3.8, 4) is 0 Å². The maximum absolute atomic E-state index is 11.2. The molecule has 0 saturated carbocycles. The minimum absolute atomic E-state index is 0.316. The first-order valence-electron chi connectivity index (χ1n) is 9.64. The van der Waals surface area contributed by atoms with Crippen LogP contribution in [0.3, 0.4) is 0 Å². The summed E-state index contributed by atoms with van der Waals surface area (Å²) < 4.78 is 2.37. The van der Waals surface area contributed by atoms with Crippen molar-refractivity contribution < 1.29 is 9.90 Å². The van der Waals surface area contributed by atoms with E-state index in [2.05, 4.69) is 35.3 Å². The van der Waals surface area contributed by atoms with Gasteiger partial charge in [0.05, 0.1) is 5.56 Å². The summed E-state index contributed by atoms with van der Waals surface area (Å²) in [6.07, 6.45) is 7.97. The average molecular weight is 357 g/mol. The molecule has 142 valence electrons. The Kier molecular flexibility index (Phi) is 7.37. The van der Waals surface area contributed by atoms with E-state index in [-0.39, 0.29) is 0 Å². The first-order chi connectivity index (χ1) is 12.4. The molecule has 2 aromatic rings.